The van der Waals surface area contributed by atoms with Gasteiger partial charge in [-0.05, 0) is 12.1 Å². The second kappa shape index (κ2) is 6.36. The van der Waals surface area contributed by atoms with Crippen LogP contribution in [0.5, 0.6) is 0 Å². The lowest BCUT2D eigenvalue weighted by molar-refractivity contribution is -0.145. The lowest BCUT2D eigenvalue weighted by atomic mass is 10.1. The molecule has 3 aromatic heterocycles. The Balaban J connectivity index is 1.68. The number of rotatable bonds is 3. The van der Waals surface area contributed by atoms with E-state index in [1.807, 2.05) is 0 Å². The van der Waals surface area contributed by atoms with E-state index < -0.39 is 23.7 Å². The number of carbonyl (C=O) groups is 1. The summed E-state index contributed by atoms with van der Waals surface area (Å²) in [6.45, 7) is 3.43. The smallest absolute Gasteiger partial charge is 0.332 e. The van der Waals surface area contributed by atoms with E-state index in [4.69, 9.17) is 0 Å². The van der Waals surface area contributed by atoms with Gasteiger partial charge in [-0.3, -0.25) is 4.79 Å². The quantitative estimate of drug-likeness (QED) is 0.506. The van der Waals surface area contributed by atoms with Crippen molar-refractivity contribution in [3.8, 4) is 11.3 Å². The third kappa shape index (κ3) is 2.98. The summed E-state index contributed by atoms with van der Waals surface area (Å²) in [5.74, 6) is -3.06. The van der Waals surface area contributed by atoms with Crippen LogP contribution in [0, 0.1) is 0 Å². The zero-order valence-corrected chi connectivity index (χ0v) is 14.2. The van der Waals surface area contributed by atoms with Gasteiger partial charge in [0, 0.05) is 42.6 Å². The Kier molecular flexibility index (Phi) is 4.09. The van der Waals surface area contributed by atoms with Crippen molar-refractivity contribution >= 4 is 16.9 Å². The normalized spacial score (nSPS) is 14.9. The first-order valence-corrected chi connectivity index (χ1v) is 8.12. The lowest BCUT2D eigenvalue weighted by Gasteiger charge is -2.38. The Hall–Kier alpha value is -3.37. The van der Waals surface area contributed by atoms with Crippen molar-refractivity contribution in [2.45, 2.75) is 12.2 Å². The molecule has 0 bridgehead atoms. The summed E-state index contributed by atoms with van der Waals surface area (Å²) in [6.07, 6.45) is -0.973. The molecular weight excluding hydrogens is 380 g/mol. The number of hydrogen-bond acceptors (Lipinski definition) is 5. The van der Waals surface area contributed by atoms with Crippen molar-refractivity contribution in [1.82, 2.24) is 29.6 Å². The van der Waals surface area contributed by atoms with Crippen molar-refractivity contribution < 1.29 is 22.4 Å². The SMILES string of the molecule is C=C(F)C(=O)N1CC(n2nc(-c3cnc(C(F)(F)F)nc3)c3cccnc32)C1. The molecule has 0 saturated carbocycles. The molecule has 0 N–H and O–H groups in total. The van der Waals surface area contributed by atoms with Crippen LogP contribution in [0.4, 0.5) is 17.6 Å². The third-order valence-electron chi connectivity index (χ3n) is 4.37. The number of pyridine rings is 1. The number of hydrogen-bond donors (Lipinski definition) is 0. The standard InChI is InChI=1S/C17H12F4N6O/c1-9(18)15(28)26-7-11(8-26)27-14-12(3-2-4-22-14)13(25-27)10-5-23-16(24-6-10)17(19,20)21/h2-6,11H,1,7-8H2. The van der Waals surface area contributed by atoms with Gasteiger partial charge in [-0.15, -0.1) is 0 Å². The fourth-order valence-corrected chi connectivity index (χ4v) is 2.99. The minimum absolute atomic E-state index is 0.220. The van der Waals surface area contributed by atoms with E-state index >= 15 is 0 Å². The number of fused-ring (bicyclic) bond motifs is 1. The van der Waals surface area contributed by atoms with Gasteiger partial charge in [0.25, 0.3) is 5.91 Å². The van der Waals surface area contributed by atoms with Gasteiger partial charge in [0.1, 0.15) is 5.69 Å². The molecule has 1 saturated heterocycles. The maximum atomic E-state index is 13.0. The van der Waals surface area contributed by atoms with Gasteiger partial charge in [-0.2, -0.15) is 18.3 Å². The summed E-state index contributed by atoms with van der Waals surface area (Å²) in [5.41, 5.74) is 1.17. The van der Waals surface area contributed by atoms with Crippen LogP contribution in [0.15, 0.2) is 43.1 Å². The number of alkyl halides is 3. The van der Waals surface area contributed by atoms with E-state index in [1.165, 1.54) is 4.90 Å². The third-order valence-corrected chi connectivity index (χ3v) is 4.37. The van der Waals surface area contributed by atoms with Crippen molar-refractivity contribution in [3.05, 3.63) is 49.0 Å². The van der Waals surface area contributed by atoms with Gasteiger partial charge in [0.05, 0.1) is 6.04 Å². The molecule has 0 aromatic carbocycles. The minimum Gasteiger partial charge on any atom is -0.332 e. The number of aromatic nitrogens is 5. The molecule has 0 aliphatic carbocycles. The van der Waals surface area contributed by atoms with Gasteiger partial charge in [-0.25, -0.2) is 24.0 Å². The molecule has 1 amide bonds. The molecule has 4 heterocycles. The molecule has 3 aromatic rings. The second-order valence-electron chi connectivity index (χ2n) is 6.23. The van der Waals surface area contributed by atoms with Crippen molar-refractivity contribution in [1.29, 1.82) is 0 Å². The molecule has 144 valence electrons. The van der Waals surface area contributed by atoms with Crippen molar-refractivity contribution in [3.63, 3.8) is 0 Å². The molecule has 11 heteroatoms. The first-order chi connectivity index (χ1) is 13.3. The molecule has 0 spiro atoms. The highest BCUT2D eigenvalue weighted by Gasteiger charge is 2.36. The average Bonchev–Trinajstić information content (AvgIpc) is 2.99. The molecule has 0 radical (unpaired) electrons. The maximum absolute atomic E-state index is 13.0. The van der Waals surface area contributed by atoms with Crippen LogP contribution in [0.25, 0.3) is 22.3 Å². The maximum Gasteiger partial charge on any atom is 0.451 e. The van der Waals surface area contributed by atoms with Gasteiger partial charge in [0.15, 0.2) is 11.5 Å². The zero-order chi connectivity index (χ0) is 20.1. The summed E-state index contributed by atoms with van der Waals surface area (Å²) in [5, 5.41) is 5.05. The highest BCUT2D eigenvalue weighted by molar-refractivity contribution is 5.92. The zero-order valence-electron chi connectivity index (χ0n) is 14.2. The molecular formula is C17H12F4N6O. The number of nitrogens with zero attached hydrogens (tertiary/aromatic N) is 6. The van der Waals surface area contributed by atoms with Gasteiger partial charge in [-0.1, -0.05) is 6.58 Å². The number of halogens is 4. The Morgan fingerprint density at radius 1 is 1.18 bits per heavy atom. The van der Waals surface area contributed by atoms with Crippen LogP contribution < -0.4 is 0 Å². The molecule has 7 nitrogen and oxygen atoms in total. The molecule has 1 aliphatic rings. The molecule has 28 heavy (non-hydrogen) atoms. The number of likely N-dealkylation sites (tertiary alicyclic amines) is 1. The van der Waals surface area contributed by atoms with Gasteiger partial charge >= 0.3 is 6.18 Å². The minimum atomic E-state index is -4.64. The first kappa shape index (κ1) is 18.0. The summed E-state index contributed by atoms with van der Waals surface area (Å²) >= 11 is 0. The number of amides is 1. The van der Waals surface area contributed by atoms with Crippen LogP contribution in [0.2, 0.25) is 0 Å². The number of carbonyl (C=O) groups excluding carboxylic acids is 1. The van der Waals surface area contributed by atoms with Crippen molar-refractivity contribution in [2.75, 3.05) is 13.1 Å². The largest absolute Gasteiger partial charge is 0.451 e. The van der Waals surface area contributed by atoms with E-state index in [0.717, 1.165) is 12.4 Å². The van der Waals surface area contributed by atoms with E-state index in [1.54, 1.807) is 23.0 Å². The molecule has 1 fully saturated rings. The Morgan fingerprint density at radius 3 is 2.46 bits per heavy atom. The molecule has 0 atom stereocenters. The highest BCUT2D eigenvalue weighted by atomic mass is 19.4. The van der Waals surface area contributed by atoms with Crippen LogP contribution in [-0.4, -0.2) is 48.6 Å². The Bertz CT molecular complexity index is 1070. The predicted octanol–water partition coefficient (Wildman–Crippen LogP) is 2.77. The average molecular weight is 392 g/mol. The Morgan fingerprint density at radius 2 is 1.86 bits per heavy atom. The summed E-state index contributed by atoms with van der Waals surface area (Å²) in [6, 6.07) is 3.15. The van der Waals surface area contributed by atoms with Crippen LogP contribution >= 0.6 is 0 Å². The van der Waals surface area contributed by atoms with E-state index in [2.05, 4.69) is 26.6 Å². The second-order valence-corrected chi connectivity index (χ2v) is 6.23. The highest BCUT2D eigenvalue weighted by Crippen LogP contribution is 2.32. The molecule has 4 rings (SSSR count). The summed E-state index contributed by atoms with van der Waals surface area (Å²) in [4.78, 5) is 23.9. The Labute approximate surface area is 155 Å². The van der Waals surface area contributed by atoms with E-state index in [0.29, 0.717) is 22.3 Å². The summed E-state index contributed by atoms with van der Waals surface area (Å²) in [7, 11) is 0. The first-order valence-electron chi connectivity index (χ1n) is 8.12. The predicted molar refractivity (Wildman–Crippen MR) is 89.4 cm³/mol. The van der Waals surface area contributed by atoms with Crippen LogP contribution in [0.3, 0.4) is 0 Å². The lowest BCUT2D eigenvalue weighted by Crippen LogP contribution is -2.51. The van der Waals surface area contributed by atoms with Crippen molar-refractivity contribution in [2.24, 2.45) is 0 Å². The summed E-state index contributed by atoms with van der Waals surface area (Å²) < 4.78 is 52.6. The van der Waals surface area contributed by atoms with Gasteiger partial charge in [0.2, 0.25) is 5.82 Å². The topological polar surface area (TPSA) is 76.8 Å². The molecule has 1 aliphatic heterocycles. The van der Waals surface area contributed by atoms with E-state index in [-0.39, 0.29) is 19.1 Å². The van der Waals surface area contributed by atoms with E-state index in [9.17, 15) is 22.4 Å². The van der Waals surface area contributed by atoms with Crippen LogP contribution in [-0.2, 0) is 11.0 Å². The van der Waals surface area contributed by atoms with Crippen LogP contribution in [0.1, 0.15) is 11.9 Å². The fraction of sp³-hybridized carbons (Fsp3) is 0.235. The van der Waals surface area contributed by atoms with Gasteiger partial charge < -0.3 is 4.90 Å². The molecule has 0 unspecified atom stereocenters. The monoisotopic (exact) mass is 392 g/mol. The fourth-order valence-electron chi connectivity index (χ4n) is 2.99.